The van der Waals surface area contributed by atoms with Gasteiger partial charge in [-0.05, 0) is 48.8 Å². The summed E-state index contributed by atoms with van der Waals surface area (Å²) in [6.07, 6.45) is 7.85. The number of rotatable bonds is 7. The minimum Gasteiger partial charge on any atom is -0.0654 e. The van der Waals surface area contributed by atoms with Crippen LogP contribution in [0, 0.1) is 6.92 Å². The first-order chi connectivity index (χ1) is 8.24. The molecule has 0 aromatic heterocycles. The number of aryl methyl sites for hydroxylation is 1. The molecular formula is C17H28. The van der Waals surface area contributed by atoms with Gasteiger partial charge in [-0.3, -0.25) is 0 Å². The van der Waals surface area contributed by atoms with Gasteiger partial charge in [0.2, 0.25) is 0 Å². The van der Waals surface area contributed by atoms with Crippen LogP contribution in [0.3, 0.4) is 0 Å². The van der Waals surface area contributed by atoms with Crippen molar-refractivity contribution in [3.8, 4) is 0 Å². The Balaban J connectivity index is 2.95. The summed E-state index contributed by atoms with van der Waals surface area (Å²) in [6, 6.07) is 6.85. The lowest BCUT2D eigenvalue weighted by Crippen LogP contribution is -2.04. The van der Waals surface area contributed by atoms with E-state index in [2.05, 4.69) is 45.9 Å². The molecule has 0 N–H and O–H groups in total. The van der Waals surface area contributed by atoms with E-state index in [-0.39, 0.29) is 0 Å². The lowest BCUT2D eigenvalue weighted by Gasteiger charge is -2.21. The zero-order valence-electron chi connectivity index (χ0n) is 12.1. The molecule has 0 fully saturated rings. The van der Waals surface area contributed by atoms with Crippen molar-refractivity contribution in [1.29, 1.82) is 0 Å². The fourth-order valence-corrected chi connectivity index (χ4v) is 2.84. The molecular weight excluding hydrogens is 204 g/mol. The molecule has 17 heavy (non-hydrogen) atoms. The van der Waals surface area contributed by atoms with Gasteiger partial charge in [0, 0.05) is 0 Å². The van der Waals surface area contributed by atoms with E-state index in [9.17, 15) is 0 Å². The van der Waals surface area contributed by atoms with Gasteiger partial charge < -0.3 is 0 Å². The first-order valence-electron chi connectivity index (χ1n) is 7.32. The Morgan fingerprint density at radius 1 is 1.00 bits per heavy atom. The quantitative estimate of drug-likeness (QED) is 0.571. The van der Waals surface area contributed by atoms with Crippen LogP contribution in [0.4, 0.5) is 0 Å². The Labute approximate surface area is 107 Å². The van der Waals surface area contributed by atoms with Crippen molar-refractivity contribution < 1.29 is 0 Å². The molecule has 0 saturated heterocycles. The third-order valence-corrected chi connectivity index (χ3v) is 3.78. The Hall–Kier alpha value is -0.780. The largest absolute Gasteiger partial charge is 0.0654 e. The summed E-state index contributed by atoms with van der Waals surface area (Å²) in [7, 11) is 0. The van der Waals surface area contributed by atoms with E-state index in [1.807, 2.05) is 0 Å². The maximum atomic E-state index is 2.36. The molecule has 1 atom stereocenters. The van der Waals surface area contributed by atoms with E-state index < -0.39 is 0 Å². The van der Waals surface area contributed by atoms with E-state index in [1.54, 1.807) is 11.1 Å². The van der Waals surface area contributed by atoms with Crippen LogP contribution in [-0.4, -0.2) is 0 Å². The van der Waals surface area contributed by atoms with Crippen molar-refractivity contribution in [2.45, 2.75) is 72.1 Å². The predicted octanol–water partition coefficient (Wildman–Crippen LogP) is 5.63. The first kappa shape index (κ1) is 14.3. The van der Waals surface area contributed by atoms with E-state index in [1.165, 1.54) is 44.1 Å². The van der Waals surface area contributed by atoms with Gasteiger partial charge in [0.25, 0.3) is 0 Å². The molecule has 0 bridgehead atoms. The van der Waals surface area contributed by atoms with Gasteiger partial charge in [-0.15, -0.1) is 0 Å². The van der Waals surface area contributed by atoms with Crippen LogP contribution < -0.4 is 0 Å². The van der Waals surface area contributed by atoms with Gasteiger partial charge in [0.15, 0.2) is 0 Å². The van der Waals surface area contributed by atoms with Crippen LogP contribution in [0.25, 0.3) is 0 Å². The summed E-state index contributed by atoms with van der Waals surface area (Å²) in [5, 5.41) is 0. The number of unbranched alkanes of at least 4 members (excludes halogenated alkanes) is 1. The molecule has 0 saturated carbocycles. The number of hydrogen-bond acceptors (Lipinski definition) is 0. The zero-order chi connectivity index (χ0) is 12.7. The second-order valence-corrected chi connectivity index (χ2v) is 5.12. The molecule has 0 radical (unpaired) electrons. The maximum absolute atomic E-state index is 2.36. The zero-order valence-corrected chi connectivity index (χ0v) is 12.1. The Bertz CT molecular complexity index is 325. The monoisotopic (exact) mass is 232 g/mol. The van der Waals surface area contributed by atoms with Crippen LogP contribution in [0.2, 0.25) is 0 Å². The normalized spacial score (nSPS) is 12.7. The first-order valence-corrected chi connectivity index (χ1v) is 7.32. The Morgan fingerprint density at radius 2 is 1.76 bits per heavy atom. The minimum absolute atomic E-state index is 0.787. The fourth-order valence-electron chi connectivity index (χ4n) is 2.84. The van der Waals surface area contributed by atoms with Gasteiger partial charge in [-0.2, -0.15) is 0 Å². The fraction of sp³-hybridized carbons (Fsp3) is 0.647. The highest BCUT2D eigenvalue weighted by molar-refractivity contribution is 5.36. The summed E-state index contributed by atoms with van der Waals surface area (Å²) in [5.41, 5.74) is 4.70. The molecule has 1 aromatic rings. The molecule has 0 aliphatic rings. The third-order valence-electron chi connectivity index (χ3n) is 3.78. The van der Waals surface area contributed by atoms with Crippen molar-refractivity contribution in [2.75, 3.05) is 0 Å². The number of benzene rings is 1. The molecule has 1 unspecified atom stereocenters. The Kier molecular flexibility index (Phi) is 6.32. The van der Waals surface area contributed by atoms with Crippen molar-refractivity contribution in [3.63, 3.8) is 0 Å². The highest BCUT2D eigenvalue weighted by Gasteiger charge is 2.14. The number of hydrogen-bond donors (Lipinski definition) is 0. The molecule has 0 nitrogen and oxygen atoms in total. The van der Waals surface area contributed by atoms with E-state index in [0.717, 1.165) is 5.92 Å². The van der Waals surface area contributed by atoms with Gasteiger partial charge in [-0.1, -0.05) is 58.2 Å². The Morgan fingerprint density at radius 3 is 2.35 bits per heavy atom. The van der Waals surface area contributed by atoms with Crippen molar-refractivity contribution in [1.82, 2.24) is 0 Å². The molecule has 0 heteroatoms. The highest BCUT2D eigenvalue weighted by atomic mass is 14.2. The molecule has 1 rings (SSSR count). The molecule has 1 aromatic carbocycles. The minimum atomic E-state index is 0.787. The topological polar surface area (TPSA) is 0 Å². The molecule has 0 aliphatic carbocycles. The predicted molar refractivity (Wildman–Crippen MR) is 77.7 cm³/mol. The molecule has 96 valence electrons. The van der Waals surface area contributed by atoms with Crippen LogP contribution in [0.1, 0.15) is 75.5 Å². The van der Waals surface area contributed by atoms with Crippen LogP contribution in [0.5, 0.6) is 0 Å². The second kappa shape index (κ2) is 7.53. The third kappa shape index (κ3) is 3.87. The summed E-state index contributed by atoms with van der Waals surface area (Å²) in [4.78, 5) is 0. The van der Waals surface area contributed by atoms with E-state index >= 15 is 0 Å². The van der Waals surface area contributed by atoms with Gasteiger partial charge >= 0.3 is 0 Å². The average Bonchev–Trinajstić information content (AvgIpc) is 2.34. The van der Waals surface area contributed by atoms with Crippen molar-refractivity contribution in [3.05, 3.63) is 34.9 Å². The van der Waals surface area contributed by atoms with Crippen molar-refractivity contribution >= 4 is 0 Å². The lowest BCUT2D eigenvalue weighted by atomic mass is 9.84. The van der Waals surface area contributed by atoms with Crippen LogP contribution in [0.15, 0.2) is 18.2 Å². The van der Waals surface area contributed by atoms with Gasteiger partial charge in [0.1, 0.15) is 0 Å². The highest BCUT2D eigenvalue weighted by Crippen LogP contribution is 2.31. The SMILES string of the molecule is CCCCC(CCC)c1cccc(C)c1CC. The van der Waals surface area contributed by atoms with Crippen LogP contribution in [-0.2, 0) is 6.42 Å². The standard InChI is InChI=1S/C17H28/c1-5-8-12-15(10-6-2)17-13-9-11-14(4)16(17)7-3/h9,11,13,15H,5-8,10,12H2,1-4H3. The summed E-state index contributed by atoms with van der Waals surface area (Å²) in [5.74, 6) is 0.787. The molecule has 0 heterocycles. The molecule has 0 spiro atoms. The molecule has 0 aliphatic heterocycles. The molecule has 0 amide bonds. The average molecular weight is 232 g/mol. The summed E-state index contributed by atoms with van der Waals surface area (Å²) in [6.45, 7) is 9.14. The van der Waals surface area contributed by atoms with Crippen LogP contribution >= 0.6 is 0 Å². The van der Waals surface area contributed by atoms with Crippen molar-refractivity contribution in [2.24, 2.45) is 0 Å². The second-order valence-electron chi connectivity index (χ2n) is 5.12. The smallest absolute Gasteiger partial charge is 0.0159 e. The lowest BCUT2D eigenvalue weighted by molar-refractivity contribution is 0.537. The summed E-state index contributed by atoms with van der Waals surface area (Å²) < 4.78 is 0. The van der Waals surface area contributed by atoms with Gasteiger partial charge in [0.05, 0.1) is 0 Å². The van der Waals surface area contributed by atoms with E-state index in [4.69, 9.17) is 0 Å². The van der Waals surface area contributed by atoms with E-state index in [0.29, 0.717) is 0 Å². The maximum Gasteiger partial charge on any atom is -0.0159 e. The van der Waals surface area contributed by atoms with Gasteiger partial charge in [-0.25, -0.2) is 0 Å². The summed E-state index contributed by atoms with van der Waals surface area (Å²) >= 11 is 0.